The van der Waals surface area contributed by atoms with Gasteiger partial charge in [-0.3, -0.25) is 9.97 Å². The highest BCUT2D eigenvalue weighted by atomic mass is 15.1. The van der Waals surface area contributed by atoms with Crippen molar-refractivity contribution in [3.8, 4) is 11.1 Å². The zero-order valence-electron chi connectivity index (χ0n) is 15.9. The Balaban J connectivity index is 1.67. The molecule has 0 bridgehead atoms. The van der Waals surface area contributed by atoms with Crippen LogP contribution in [0.15, 0.2) is 67.1 Å². The van der Waals surface area contributed by atoms with Crippen LogP contribution in [0, 0.1) is 0 Å². The highest BCUT2D eigenvalue weighted by Gasteiger charge is 2.22. The topological polar surface area (TPSA) is 34.0 Å². The fourth-order valence-corrected chi connectivity index (χ4v) is 4.04. The van der Waals surface area contributed by atoms with Gasteiger partial charge in [-0.25, -0.2) is 0 Å². The highest BCUT2D eigenvalue weighted by molar-refractivity contribution is 5.92. The molecule has 0 aliphatic carbocycles. The summed E-state index contributed by atoms with van der Waals surface area (Å²) >= 11 is 0. The van der Waals surface area contributed by atoms with Gasteiger partial charge in [0.25, 0.3) is 0 Å². The molecule has 1 aliphatic rings. The molecule has 1 aliphatic heterocycles. The van der Waals surface area contributed by atoms with Gasteiger partial charge in [-0.05, 0) is 54.6 Å². The molecule has 0 saturated heterocycles. The molecular weight excluding hydrogens is 344 g/mol. The Labute approximate surface area is 164 Å². The van der Waals surface area contributed by atoms with Gasteiger partial charge in [0.1, 0.15) is 0 Å². The largest absolute Gasteiger partial charge is 0.320 e. The van der Waals surface area contributed by atoms with Crippen molar-refractivity contribution < 1.29 is 0 Å². The minimum Gasteiger partial charge on any atom is -0.320 e. The van der Waals surface area contributed by atoms with Crippen molar-refractivity contribution in [2.24, 2.45) is 0 Å². The standard InChI is InChI=1S/C24H22N4/c1-27-13-10-24-22(17-27)21-15-18(19-5-4-11-25-16-19)7-8-23(21)28(24)14-9-20-6-2-3-12-26-20/h2-9,11-12,14-16H,10,13,17H2,1H3. The van der Waals surface area contributed by atoms with Gasteiger partial charge in [0.05, 0.1) is 11.2 Å². The Bertz CT molecular complexity index is 1140. The molecule has 0 saturated carbocycles. The Morgan fingerprint density at radius 3 is 2.79 bits per heavy atom. The van der Waals surface area contributed by atoms with Gasteiger partial charge in [-0.15, -0.1) is 0 Å². The number of hydrogen-bond acceptors (Lipinski definition) is 3. The van der Waals surface area contributed by atoms with E-state index < -0.39 is 0 Å². The summed E-state index contributed by atoms with van der Waals surface area (Å²) in [5.74, 6) is 0. The molecule has 4 heteroatoms. The number of hydrogen-bond donors (Lipinski definition) is 0. The van der Waals surface area contributed by atoms with Crippen LogP contribution < -0.4 is 0 Å². The Hall–Kier alpha value is -3.24. The number of fused-ring (bicyclic) bond motifs is 3. The quantitative estimate of drug-likeness (QED) is 0.526. The fraction of sp³-hybridized carbons (Fsp3) is 0.167. The highest BCUT2D eigenvalue weighted by Crippen LogP contribution is 2.34. The van der Waals surface area contributed by atoms with Crippen LogP contribution in [0.1, 0.15) is 17.0 Å². The zero-order valence-corrected chi connectivity index (χ0v) is 15.9. The summed E-state index contributed by atoms with van der Waals surface area (Å²) in [6.07, 6.45) is 10.9. The number of likely N-dealkylation sites (N-methyl/N-ethyl adjacent to an activating group) is 1. The SMILES string of the molecule is CN1CCc2c(c3cc(-c4cccnc4)ccc3n2C=Cc2ccccn2)C1. The maximum absolute atomic E-state index is 4.42. The van der Waals surface area contributed by atoms with E-state index in [9.17, 15) is 0 Å². The first-order valence-electron chi connectivity index (χ1n) is 9.63. The van der Waals surface area contributed by atoms with E-state index in [0.717, 1.165) is 30.8 Å². The van der Waals surface area contributed by atoms with Crippen LogP contribution in [-0.4, -0.2) is 33.0 Å². The summed E-state index contributed by atoms with van der Waals surface area (Å²) in [5.41, 5.74) is 7.42. The van der Waals surface area contributed by atoms with Crippen LogP contribution in [0.5, 0.6) is 0 Å². The summed E-state index contributed by atoms with van der Waals surface area (Å²) in [5, 5.41) is 1.33. The van der Waals surface area contributed by atoms with Crippen molar-refractivity contribution in [2.75, 3.05) is 13.6 Å². The lowest BCUT2D eigenvalue weighted by Gasteiger charge is -2.23. The lowest BCUT2D eigenvalue weighted by atomic mass is 10.0. The van der Waals surface area contributed by atoms with Crippen molar-refractivity contribution in [1.29, 1.82) is 0 Å². The van der Waals surface area contributed by atoms with Crippen molar-refractivity contribution in [2.45, 2.75) is 13.0 Å². The van der Waals surface area contributed by atoms with Gasteiger partial charge >= 0.3 is 0 Å². The molecule has 0 radical (unpaired) electrons. The molecule has 0 amide bonds. The number of aromatic nitrogens is 3. The molecule has 0 fully saturated rings. The Morgan fingerprint density at radius 1 is 1.00 bits per heavy atom. The fourth-order valence-electron chi connectivity index (χ4n) is 4.04. The second kappa shape index (κ2) is 7.06. The van der Waals surface area contributed by atoms with Crippen LogP contribution >= 0.6 is 0 Å². The second-order valence-electron chi connectivity index (χ2n) is 7.33. The predicted octanol–water partition coefficient (Wildman–Crippen LogP) is 4.71. The molecule has 4 heterocycles. The molecule has 0 spiro atoms. The number of benzene rings is 1. The van der Waals surface area contributed by atoms with Crippen LogP contribution in [-0.2, 0) is 13.0 Å². The van der Waals surface area contributed by atoms with Gasteiger partial charge in [0.2, 0.25) is 0 Å². The second-order valence-corrected chi connectivity index (χ2v) is 7.33. The third kappa shape index (κ3) is 3.02. The monoisotopic (exact) mass is 366 g/mol. The third-order valence-corrected chi connectivity index (χ3v) is 5.46. The van der Waals surface area contributed by atoms with Crippen molar-refractivity contribution in [3.63, 3.8) is 0 Å². The van der Waals surface area contributed by atoms with Crippen molar-refractivity contribution in [1.82, 2.24) is 19.4 Å². The smallest absolute Gasteiger partial charge is 0.0644 e. The van der Waals surface area contributed by atoms with E-state index in [4.69, 9.17) is 0 Å². The van der Waals surface area contributed by atoms with E-state index >= 15 is 0 Å². The Morgan fingerprint density at radius 2 is 1.96 bits per heavy atom. The molecule has 5 rings (SSSR count). The van der Waals surface area contributed by atoms with E-state index in [-0.39, 0.29) is 0 Å². The van der Waals surface area contributed by atoms with E-state index in [1.165, 1.54) is 27.7 Å². The van der Waals surface area contributed by atoms with Crippen LogP contribution in [0.3, 0.4) is 0 Å². The minimum atomic E-state index is 0.970. The van der Waals surface area contributed by atoms with E-state index in [1.807, 2.05) is 42.9 Å². The molecule has 4 aromatic rings. The zero-order chi connectivity index (χ0) is 18.9. The first-order chi connectivity index (χ1) is 13.8. The van der Waals surface area contributed by atoms with Gasteiger partial charge in [0.15, 0.2) is 0 Å². The molecule has 0 atom stereocenters. The van der Waals surface area contributed by atoms with Crippen molar-refractivity contribution in [3.05, 3.63) is 84.1 Å². The summed E-state index contributed by atoms with van der Waals surface area (Å²) in [6, 6.07) is 16.8. The first-order valence-corrected chi connectivity index (χ1v) is 9.63. The average Bonchev–Trinajstić information content (AvgIpc) is 3.06. The molecule has 0 N–H and O–H groups in total. The van der Waals surface area contributed by atoms with Crippen LogP contribution in [0.25, 0.3) is 34.3 Å². The molecule has 138 valence electrons. The maximum Gasteiger partial charge on any atom is 0.0644 e. The first kappa shape index (κ1) is 16.9. The summed E-state index contributed by atoms with van der Waals surface area (Å²) < 4.78 is 2.35. The van der Waals surface area contributed by atoms with Crippen molar-refractivity contribution >= 4 is 23.2 Å². The number of pyridine rings is 2. The van der Waals surface area contributed by atoms with Crippen LogP contribution in [0.2, 0.25) is 0 Å². The molecule has 28 heavy (non-hydrogen) atoms. The lowest BCUT2D eigenvalue weighted by Crippen LogP contribution is -2.26. The van der Waals surface area contributed by atoms with Gasteiger partial charge in [0, 0.05) is 60.9 Å². The number of nitrogens with zero attached hydrogens (tertiary/aromatic N) is 4. The summed E-state index contributed by atoms with van der Waals surface area (Å²) in [4.78, 5) is 11.1. The van der Waals surface area contributed by atoms with Gasteiger partial charge in [-0.2, -0.15) is 0 Å². The van der Waals surface area contributed by atoms with E-state index in [0.29, 0.717) is 0 Å². The lowest BCUT2D eigenvalue weighted by molar-refractivity contribution is 0.312. The van der Waals surface area contributed by atoms with Gasteiger partial charge in [-0.1, -0.05) is 18.2 Å². The molecule has 1 aromatic carbocycles. The molecular formula is C24H22N4. The van der Waals surface area contributed by atoms with E-state index in [2.05, 4.69) is 63.0 Å². The summed E-state index contributed by atoms with van der Waals surface area (Å²) in [7, 11) is 2.20. The summed E-state index contributed by atoms with van der Waals surface area (Å²) in [6.45, 7) is 2.06. The normalized spacial score (nSPS) is 14.6. The molecule has 3 aromatic heterocycles. The average molecular weight is 366 g/mol. The van der Waals surface area contributed by atoms with Crippen LogP contribution in [0.4, 0.5) is 0 Å². The van der Waals surface area contributed by atoms with E-state index in [1.54, 1.807) is 0 Å². The molecule has 4 nitrogen and oxygen atoms in total. The minimum absolute atomic E-state index is 0.970. The maximum atomic E-state index is 4.42. The Kier molecular flexibility index (Phi) is 4.26. The predicted molar refractivity (Wildman–Crippen MR) is 115 cm³/mol. The van der Waals surface area contributed by atoms with Gasteiger partial charge < -0.3 is 9.47 Å². The molecule has 0 unspecified atom stereocenters. The number of rotatable bonds is 3. The third-order valence-electron chi connectivity index (χ3n) is 5.46.